The number of fused-ring (bicyclic) bond motifs is 1. The lowest BCUT2D eigenvalue weighted by Crippen LogP contribution is -2.35. The Morgan fingerprint density at radius 1 is 1.03 bits per heavy atom. The van der Waals surface area contributed by atoms with Crippen LogP contribution in [0.25, 0.3) is 22.0 Å². The van der Waals surface area contributed by atoms with E-state index in [1.54, 1.807) is 13.2 Å². The highest BCUT2D eigenvalue weighted by Gasteiger charge is 2.21. The number of amides is 1. The molecule has 1 N–H and O–H groups in total. The van der Waals surface area contributed by atoms with E-state index >= 15 is 0 Å². The summed E-state index contributed by atoms with van der Waals surface area (Å²) in [6.07, 6.45) is 0. The number of aromatic nitrogens is 2. The molecule has 4 aromatic rings. The molecule has 0 radical (unpaired) electrons. The van der Waals surface area contributed by atoms with Crippen molar-refractivity contribution in [2.45, 2.75) is 52.8 Å². The lowest BCUT2D eigenvalue weighted by Gasteiger charge is -2.20. The number of nitrogens with zero attached hydrogens (tertiary/aromatic N) is 2. The van der Waals surface area contributed by atoms with Crippen LogP contribution in [0.15, 0.2) is 66.7 Å². The summed E-state index contributed by atoms with van der Waals surface area (Å²) < 4.78 is 12.7. The predicted octanol–water partition coefficient (Wildman–Crippen LogP) is 5.78. The molecule has 1 heterocycles. The largest absolute Gasteiger partial charge is 0.456 e. The van der Waals surface area contributed by atoms with Gasteiger partial charge in [0, 0.05) is 24.1 Å². The van der Waals surface area contributed by atoms with E-state index in [0.29, 0.717) is 24.3 Å². The molecule has 1 amide bonds. The molecule has 0 spiro atoms. The summed E-state index contributed by atoms with van der Waals surface area (Å²) in [5, 5.41) is 8.62. The summed E-state index contributed by atoms with van der Waals surface area (Å²) in [6.45, 7) is 10.5. The summed E-state index contributed by atoms with van der Waals surface area (Å²) in [7, 11) is 1.61. The predicted molar refractivity (Wildman–Crippen MR) is 149 cm³/mol. The zero-order valence-corrected chi connectivity index (χ0v) is 22.9. The Morgan fingerprint density at radius 3 is 2.42 bits per heavy atom. The van der Waals surface area contributed by atoms with E-state index in [-0.39, 0.29) is 17.9 Å². The van der Waals surface area contributed by atoms with Crippen LogP contribution in [0, 0.1) is 6.92 Å². The molecule has 0 aliphatic carbocycles. The van der Waals surface area contributed by atoms with Crippen molar-refractivity contribution in [3.8, 4) is 11.1 Å². The Labute approximate surface area is 223 Å². The maximum Gasteiger partial charge on any atom is 0.339 e. The minimum absolute atomic E-state index is 0.0777. The first kappa shape index (κ1) is 27.1. The summed E-state index contributed by atoms with van der Waals surface area (Å²) in [5.41, 5.74) is 5.24. The molecule has 0 aliphatic rings. The number of rotatable bonds is 8. The Hall–Kier alpha value is -3.97. The van der Waals surface area contributed by atoms with Gasteiger partial charge in [-0.3, -0.25) is 9.48 Å². The van der Waals surface area contributed by atoms with Gasteiger partial charge in [-0.05, 0) is 75.6 Å². The summed E-state index contributed by atoms with van der Waals surface area (Å²) in [6, 6.07) is 21.2. The SMILES string of the molecule is COC[C@H](C)NC(=O)c1ccc2c(c1)c(C)nn2Cc1ccc(-c2ccccc2C(=O)OC(C)(C)C)cc1. The highest BCUT2D eigenvalue weighted by molar-refractivity contribution is 5.99. The van der Waals surface area contributed by atoms with Crippen LogP contribution in [0.3, 0.4) is 0 Å². The molecular formula is C31H35N3O4. The van der Waals surface area contributed by atoms with Crippen molar-refractivity contribution in [2.24, 2.45) is 0 Å². The molecule has 198 valence electrons. The zero-order valence-electron chi connectivity index (χ0n) is 22.9. The fraction of sp³-hybridized carbons (Fsp3) is 0.323. The minimum atomic E-state index is -0.564. The molecular weight excluding hydrogens is 478 g/mol. The number of ether oxygens (including phenoxy) is 2. The van der Waals surface area contributed by atoms with Gasteiger partial charge in [0.05, 0.1) is 29.9 Å². The maximum absolute atomic E-state index is 12.8. The lowest BCUT2D eigenvalue weighted by molar-refractivity contribution is 0.00703. The van der Waals surface area contributed by atoms with E-state index in [1.165, 1.54) is 0 Å². The molecule has 38 heavy (non-hydrogen) atoms. The monoisotopic (exact) mass is 513 g/mol. The normalized spacial score (nSPS) is 12.4. The van der Waals surface area contributed by atoms with Crippen molar-refractivity contribution in [2.75, 3.05) is 13.7 Å². The lowest BCUT2D eigenvalue weighted by atomic mass is 9.98. The van der Waals surface area contributed by atoms with Gasteiger partial charge in [-0.25, -0.2) is 4.79 Å². The molecule has 0 fully saturated rings. The number of carbonyl (C=O) groups is 2. The Bertz CT molecular complexity index is 1450. The van der Waals surface area contributed by atoms with E-state index in [0.717, 1.165) is 33.3 Å². The average molecular weight is 514 g/mol. The van der Waals surface area contributed by atoms with Gasteiger partial charge in [0.2, 0.25) is 0 Å². The van der Waals surface area contributed by atoms with E-state index in [1.807, 2.05) is 100.0 Å². The molecule has 7 heteroatoms. The molecule has 1 atom stereocenters. The number of nitrogens with one attached hydrogen (secondary N) is 1. The van der Waals surface area contributed by atoms with Gasteiger partial charge in [-0.1, -0.05) is 42.5 Å². The second kappa shape index (κ2) is 11.2. The fourth-order valence-corrected chi connectivity index (χ4v) is 4.41. The van der Waals surface area contributed by atoms with Crippen LogP contribution in [-0.4, -0.2) is 47.0 Å². The number of hydrogen-bond donors (Lipinski definition) is 1. The van der Waals surface area contributed by atoms with Gasteiger partial charge in [-0.15, -0.1) is 0 Å². The van der Waals surface area contributed by atoms with E-state index in [9.17, 15) is 9.59 Å². The molecule has 7 nitrogen and oxygen atoms in total. The van der Waals surface area contributed by atoms with E-state index < -0.39 is 5.60 Å². The topological polar surface area (TPSA) is 82.5 Å². The van der Waals surface area contributed by atoms with Crippen LogP contribution in [0.1, 0.15) is 59.7 Å². The van der Waals surface area contributed by atoms with E-state index in [4.69, 9.17) is 14.6 Å². The van der Waals surface area contributed by atoms with Crippen molar-refractivity contribution in [1.29, 1.82) is 0 Å². The molecule has 0 saturated heterocycles. The van der Waals surface area contributed by atoms with Gasteiger partial charge >= 0.3 is 5.97 Å². The van der Waals surface area contributed by atoms with Crippen molar-refractivity contribution in [3.63, 3.8) is 0 Å². The fourth-order valence-electron chi connectivity index (χ4n) is 4.41. The van der Waals surface area contributed by atoms with E-state index in [2.05, 4.69) is 5.32 Å². The third-order valence-corrected chi connectivity index (χ3v) is 6.13. The standard InChI is InChI=1S/C31H35N3O4/c1-20(19-37-6)32-29(35)24-15-16-28-27(17-24)21(2)33-34(28)18-22-11-13-23(14-12-22)25-9-7-8-10-26(25)30(36)38-31(3,4)5/h7-17,20H,18-19H2,1-6H3,(H,32,35)/t20-/m0/s1. The van der Waals surface area contributed by atoms with Crippen molar-refractivity contribution < 1.29 is 19.1 Å². The van der Waals surface area contributed by atoms with Crippen molar-refractivity contribution in [1.82, 2.24) is 15.1 Å². The molecule has 4 rings (SSSR count). The smallest absolute Gasteiger partial charge is 0.339 e. The van der Waals surface area contributed by atoms with Crippen LogP contribution in [0.2, 0.25) is 0 Å². The van der Waals surface area contributed by atoms with Crippen LogP contribution < -0.4 is 5.32 Å². The first-order valence-electron chi connectivity index (χ1n) is 12.7. The minimum Gasteiger partial charge on any atom is -0.456 e. The second-order valence-electron chi connectivity index (χ2n) is 10.5. The molecule has 0 saturated carbocycles. The average Bonchev–Trinajstić information content (AvgIpc) is 3.18. The Kier molecular flexibility index (Phi) is 7.97. The first-order valence-corrected chi connectivity index (χ1v) is 12.7. The quantitative estimate of drug-likeness (QED) is 0.302. The molecule has 0 unspecified atom stereocenters. The third kappa shape index (κ3) is 6.29. The van der Waals surface area contributed by atoms with Gasteiger partial charge in [0.15, 0.2) is 0 Å². The van der Waals surface area contributed by atoms with Crippen LogP contribution in [-0.2, 0) is 16.0 Å². The van der Waals surface area contributed by atoms with Gasteiger partial charge in [0.25, 0.3) is 5.91 Å². The molecule has 0 bridgehead atoms. The second-order valence-corrected chi connectivity index (χ2v) is 10.5. The van der Waals surface area contributed by atoms with Crippen LogP contribution >= 0.6 is 0 Å². The maximum atomic E-state index is 12.8. The van der Waals surface area contributed by atoms with Gasteiger partial charge in [0.1, 0.15) is 5.60 Å². The Balaban J connectivity index is 1.54. The number of methoxy groups -OCH3 is 1. The first-order chi connectivity index (χ1) is 18.1. The molecule has 0 aliphatic heterocycles. The number of esters is 1. The van der Waals surface area contributed by atoms with Gasteiger partial charge < -0.3 is 14.8 Å². The van der Waals surface area contributed by atoms with Crippen LogP contribution in [0.5, 0.6) is 0 Å². The highest BCUT2D eigenvalue weighted by atomic mass is 16.6. The Morgan fingerprint density at radius 2 is 1.74 bits per heavy atom. The highest BCUT2D eigenvalue weighted by Crippen LogP contribution is 2.27. The summed E-state index contributed by atoms with van der Waals surface area (Å²) >= 11 is 0. The number of hydrogen-bond acceptors (Lipinski definition) is 5. The molecule has 1 aromatic heterocycles. The zero-order chi connectivity index (χ0) is 27.4. The molecule has 3 aromatic carbocycles. The van der Waals surface area contributed by atoms with Crippen LogP contribution in [0.4, 0.5) is 0 Å². The van der Waals surface area contributed by atoms with Crippen molar-refractivity contribution >= 4 is 22.8 Å². The van der Waals surface area contributed by atoms with Gasteiger partial charge in [-0.2, -0.15) is 5.10 Å². The summed E-state index contributed by atoms with van der Waals surface area (Å²) in [5.74, 6) is -0.470. The third-order valence-electron chi connectivity index (χ3n) is 6.13. The number of aryl methyl sites for hydroxylation is 1. The van der Waals surface area contributed by atoms with Crippen molar-refractivity contribution in [3.05, 3.63) is 89.1 Å². The summed E-state index contributed by atoms with van der Waals surface area (Å²) in [4.78, 5) is 25.4. The number of benzene rings is 3. The number of carbonyl (C=O) groups excluding carboxylic acids is 2.